The zero-order chi connectivity index (χ0) is 13.4. The lowest BCUT2D eigenvalue weighted by atomic mass is 9.98. The van der Waals surface area contributed by atoms with E-state index < -0.39 is 11.9 Å². The minimum absolute atomic E-state index is 0.174. The van der Waals surface area contributed by atoms with E-state index in [4.69, 9.17) is 5.11 Å². The number of amides is 2. The summed E-state index contributed by atoms with van der Waals surface area (Å²) in [4.78, 5) is 22.1. The van der Waals surface area contributed by atoms with Crippen LogP contribution < -0.4 is 10.6 Å². The average molecular weight is 244 g/mol. The second-order valence-corrected chi connectivity index (χ2v) is 4.76. The van der Waals surface area contributed by atoms with E-state index in [1.165, 1.54) is 0 Å². The molecule has 2 atom stereocenters. The van der Waals surface area contributed by atoms with Gasteiger partial charge in [-0.1, -0.05) is 27.7 Å². The number of carboxylic acid groups (broad SMARTS) is 1. The highest BCUT2D eigenvalue weighted by Gasteiger charge is 2.16. The number of rotatable bonds is 7. The predicted molar refractivity (Wildman–Crippen MR) is 66.8 cm³/mol. The van der Waals surface area contributed by atoms with Crippen LogP contribution in [0.5, 0.6) is 0 Å². The molecule has 0 aromatic carbocycles. The molecule has 2 amide bonds. The Morgan fingerprint density at radius 1 is 1.12 bits per heavy atom. The third-order valence-corrected chi connectivity index (χ3v) is 3.07. The van der Waals surface area contributed by atoms with Crippen LogP contribution in [0.15, 0.2) is 0 Å². The number of urea groups is 1. The molecule has 0 aliphatic carbocycles. The van der Waals surface area contributed by atoms with Gasteiger partial charge in [0.05, 0.1) is 5.92 Å². The van der Waals surface area contributed by atoms with Gasteiger partial charge < -0.3 is 15.7 Å². The van der Waals surface area contributed by atoms with Crippen molar-refractivity contribution in [2.75, 3.05) is 13.1 Å². The molecule has 5 nitrogen and oxygen atoms in total. The molecule has 0 saturated heterocycles. The summed E-state index contributed by atoms with van der Waals surface area (Å²) in [6.45, 7) is 8.83. The summed E-state index contributed by atoms with van der Waals surface area (Å²) in [6.07, 6.45) is 0.512. The molecule has 0 rings (SSSR count). The largest absolute Gasteiger partial charge is 0.481 e. The number of nitrogens with one attached hydrogen (secondary N) is 2. The van der Waals surface area contributed by atoms with Gasteiger partial charge >= 0.3 is 12.0 Å². The van der Waals surface area contributed by atoms with Crippen molar-refractivity contribution < 1.29 is 14.7 Å². The fourth-order valence-corrected chi connectivity index (χ4v) is 1.17. The van der Waals surface area contributed by atoms with Gasteiger partial charge in [0, 0.05) is 13.1 Å². The molecule has 0 heterocycles. The van der Waals surface area contributed by atoms with E-state index in [1.807, 2.05) is 0 Å². The second kappa shape index (κ2) is 7.92. The van der Waals surface area contributed by atoms with Crippen LogP contribution in [-0.2, 0) is 4.79 Å². The molecule has 0 radical (unpaired) electrons. The van der Waals surface area contributed by atoms with Crippen LogP contribution in [0.2, 0.25) is 0 Å². The van der Waals surface area contributed by atoms with E-state index >= 15 is 0 Å². The van der Waals surface area contributed by atoms with E-state index in [1.54, 1.807) is 6.92 Å². The summed E-state index contributed by atoms with van der Waals surface area (Å²) in [6, 6.07) is -0.294. The maximum absolute atomic E-state index is 11.4. The lowest BCUT2D eigenvalue weighted by Crippen LogP contribution is -2.41. The molecule has 0 bridgehead atoms. The standard InChI is InChI=1S/C12H24N2O3/c1-5-10(11(15)16)7-14-12(17)13-6-9(4)8(2)3/h8-10H,5-7H2,1-4H3,(H,15,16)(H2,13,14,17). The van der Waals surface area contributed by atoms with Crippen LogP contribution in [0.3, 0.4) is 0 Å². The first-order valence-electron chi connectivity index (χ1n) is 6.12. The molecule has 0 aliphatic rings. The van der Waals surface area contributed by atoms with Gasteiger partial charge in [-0.05, 0) is 18.3 Å². The molecule has 0 spiro atoms. The molecule has 17 heavy (non-hydrogen) atoms. The molecule has 0 aromatic heterocycles. The highest BCUT2D eigenvalue weighted by molar-refractivity contribution is 5.75. The van der Waals surface area contributed by atoms with Crippen molar-refractivity contribution in [3.8, 4) is 0 Å². The van der Waals surface area contributed by atoms with E-state index in [9.17, 15) is 9.59 Å². The van der Waals surface area contributed by atoms with E-state index in [2.05, 4.69) is 31.4 Å². The molecular formula is C12H24N2O3. The van der Waals surface area contributed by atoms with Gasteiger partial charge in [-0.25, -0.2) is 4.79 Å². The minimum Gasteiger partial charge on any atom is -0.481 e. The molecule has 0 aliphatic heterocycles. The van der Waals surface area contributed by atoms with Crippen molar-refractivity contribution in [3.63, 3.8) is 0 Å². The highest BCUT2D eigenvalue weighted by Crippen LogP contribution is 2.07. The maximum Gasteiger partial charge on any atom is 0.314 e. The van der Waals surface area contributed by atoms with Gasteiger partial charge in [0.25, 0.3) is 0 Å². The number of carboxylic acids is 1. The lowest BCUT2D eigenvalue weighted by molar-refractivity contribution is -0.141. The van der Waals surface area contributed by atoms with Crippen LogP contribution in [0.4, 0.5) is 4.79 Å². The van der Waals surface area contributed by atoms with Crippen molar-refractivity contribution >= 4 is 12.0 Å². The fourth-order valence-electron chi connectivity index (χ4n) is 1.17. The van der Waals surface area contributed by atoms with Gasteiger partial charge in [0.2, 0.25) is 0 Å². The molecule has 100 valence electrons. The number of carbonyl (C=O) groups is 2. The first kappa shape index (κ1) is 15.7. The minimum atomic E-state index is -0.872. The zero-order valence-corrected chi connectivity index (χ0v) is 11.1. The quantitative estimate of drug-likeness (QED) is 0.637. The molecule has 2 unspecified atom stereocenters. The van der Waals surface area contributed by atoms with Crippen LogP contribution in [0.1, 0.15) is 34.1 Å². The van der Waals surface area contributed by atoms with Crippen molar-refractivity contribution in [1.82, 2.24) is 10.6 Å². The normalized spacial score (nSPS) is 14.2. The Labute approximate surface area is 103 Å². The van der Waals surface area contributed by atoms with Crippen LogP contribution in [-0.4, -0.2) is 30.2 Å². The first-order chi connectivity index (χ1) is 7.88. The number of aliphatic carboxylic acids is 1. The number of hydrogen-bond acceptors (Lipinski definition) is 2. The van der Waals surface area contributed by atoms with E-state index in [-0.39, 0.29) is 12.6 Å². The zero-order valence-electron chi connectivity index (χ0n) is 11.1. The Kier molecular flexibility index (Phi) is 7.34. The van der Waals surface area contributed by atoms with Gasteiger partial charge in [-0.15, -0.1) is 0 Å². The van der Waals surface area contributed by atoms with Crippen molar-refractivity contribution in [2.45, 2.75) is 34.1 Å². The number of hydrogen-bond donors (Lipinski definition) is 3. The molecule has 3 N–H and O–H groups in total. The Morgan fingerprint density at radius 2 is 1.65 bits per heavy atom. The molecule has 0 fully saturated rings. The third kappa shape index (κ3) is 6.81. The van der Waals surface area contributed by atoms with Gasteiger partial charge in [-0.3, -0.25) is 4.79 Å². The lowest BCUT2D eigenvalue weighted by Gasteiger charge is -2.17. The summed E-state index contributed by atoms with van der Waals surface area (Å²) in [5.41, 5.74) is 0. The first-order valence-corrected chi connectivity index (χ1v) is 6.12. The number of carbonyl (C=O) groups excluding carboxylic acids is 1. The maximum atomic E-state index is 11.4. The molecule has 5 heteroatoms. The van der Waals surface area contributed by atoms with Crippen LogP contribution in [0, 0.1) is 17.8 Å². The molecule has 0 aromatic rings. The second-order valence-electron chi connectivity index (χ2n) is 4.76. The summed E-state index contributed by atoms with van der Waals surface area (Å²) in [5, 5.41) is 14.1. The van der Waals surface area contributed by atoms with Crippen molar-refractivity contribution in [2.24, 2.45) is 17.8 Å². The van der Waals surface area contributed by atoms with Crippen LogP contribution >= 0.6 is 0 Å². The van der Waals surface area contributed by atoms with E-state index in [0.717, 1.165) is 0 Å². The fraction of sp³-hybridized carbons (Fsp3) is 0.833. The summed E-state index contributed by atoms with van der Waals surface area (Å²) in [5.74, 6) is -0.466. The Balaban J connectivity index is 3.83. The van der Waals surface area contributed by atoms with E-state index in [0.29, 0.717) is 24.8 Å². The third-order valence-electron chi connectivity index (χ3n) is 3.07. The topological polar surface area (TPSA) is 78.4 Å². The smallest absolute Gasteiger partial charge is 0.314 e. The Hall–Kier alpha value is -1.26. The van der Waals surface area contributed by atoms with Gasteiger partial charge in [0.15, 0.2) is 0 Å². The van der Waals surface area contributed by atoms with Gasteiger partial charge in [-0.2, -0.15) is 0 Å². The van der Waals surface area contributed by atoms with Crippen molar-refractivity contribution in [1.29, 1.82) is 0 Å². The summed E-state index contributed by atoms with van der Waals surface area (Å²) >= 11 is 0. The molecular weight excluding hydrogens is 220 g/mol. The monoisotopic (exact) mass is 244 g/mol. The van der Waals surface area contributed by atoms with Crippen LogP contribution in [0.25, 0.3) is 0 Å². The predicted octanol–water partition coefficient (Wildman–Crippen LogP) is 1.69. The highest BCUT2D eigenvalue weighted by atomic mass is 16.4. The van der Waals surface area contributed by atoms with Crippen molar-refractivity contribution in [3.05, 3.63) is 0 Å². The summed E-state index contributed by atoms with van der Waals surface area (Å²) in [7, 11) is 0. The molecule has 0 saturated carbocycles. The Morgan fingerprint density at radius 3 is 2.06 bits per heavy atom. The van der Waals surface area contributed by atoms with Gasteiger partial charge in [0.1, 0.15) is 0 Å². The summed E-state index contributed by atoms with van der Waals surface area (Å²) < 4.78 is 0. The SMILES string of the molecule is CCC(CNC(=O)NCC(C)C(C)C)C(=O)O. The Bertz CT molecular complexity index is 254. The average Bonchev–Trinajstić information content (AvgIpc) is 2.25.